The van der Waals surface area contributed by atoms with Crippen molar-refractivity contribution in [2.24, 2.45) is 5.73 Å². The fourth-order valence-corrected chi connectivity index (χ4v) is 3.43. The number of thiocarbonyl (C=S) groups is 1. The molecule has 0 unspecified atom stereocenters. The predicted molar refractivity (Wildman–Crippen MR) is 84.9 cm³/mol. The zero-order valence-electron chi connectivity index (χ0n) is 12.1. The molecule has 0 amide bonds. The van der Waals surface area contributed by atoms with Gasteiger partial charge in [0.1, 0.15) is 4.99 Å². The molecule has 1 saturated carbocycles. The van der Waals surface area contributed by atoms with E-state index in [0.29, 0.717) is 11.0 Å². The molecule has 4 heteroatoms. The van der Waals surface area contributed by atoms with Gasteiger partial charge in [0.2, 0.25) is 0 Å². The van der Waals surface area contributed by atoms with Gasteiger partial charge in [-0.3, -0.25) is 4.98 Å². The second-order valence-corrected chi connectivity index (χ2v) is 5.77. The van der Waals surface area contributed by atoms with Crippen LogP contribution in [-0.2, 0) is 0 Å². The summed E-state index contributed by atoms with van der Waals surface area (Å²) in [5.74, 6) is 0. The van der Waals surface area contributed by atoms with Crippen LogP contribution >= 0.6 is 12.2 Å². The average molecular weight is 277 g/mol. The van der Waals surface area contributed by atoms with Crippen LogP contribution in [0.2, 0.25) is 0 Å². The van der Waals surface area contributed by atoms with Crippen molar-refractivity contribution in [1.82, 2.24) is 4.98 Å². The summed E-state index contributed by atoms with van der Waals surface area (Å²) in [6.07, 6.45) is 5.19. The quantitative estimate of drug-likeness (QED) is 0.859. The molecular weight excluding hydrogens is 254 g/mol. The first kappa shape index (κ1) is 14.3. The molecule has 2 N–H and O–H groups in total. The van der Waals surface area contributed by atoms with Crippen LogP contribution < -0.4 is 10.6 Å². The lowest BCUT2D eigenvalue weighted by atomic mass is 10.1. The van der Waals surface area contributed by atoms with Crippen LogP contribution in [0, 0.1) is 13.8 Å². The van der Waals surface area contributed by atoms with Crippen molar-refractivity contribution >= 4 is 22.9 Å². The van der Waals surface area contributed by atoms with Gasteiger partial charge in [-0.15, -0.1) is 0 Å². The average Bonchev–Trinajstić information content (AvgIpc) is 2.82. The fraction of sp³-hybridized carbons (Fsp3) is 0.600. The van der Waals surface area contributed by atoms with Gasteiger partial charge in [0, 0.05) is 24.0 Å². The predicted octanol–water partition coefficient (Wildman–Crippen LogP) is 3.10. The molecule has 1 aromatic rings. The van der Waals surface area contributed by atoms with Crippen LogP contribution in [0.25, 0.3) is 0 Å². The summed E-state index contributed by atoms with van der Waals surface area (Å²) < 4.78 is 0. The largest absolute Gasteiger partial charge is 0.389 e. The first-order valence-electron chi connectivity index (χ1n) is 7.09. The molecule has 0 saturated heterocycles. The number of anilines is 1. The van der Waals surface area contributed by atoms with Gasteiger partial charge in [-0.2, -0.15) is 0 Å². The number of rotatable bonds is 4. The number of nitrogens with zero attached hydrogens (tertiary/aromatic N) is 2. The molecule has 1 fully saturated rings. The summed E-state index contributed by atoms with van der Waals surface area (Å²) in [7, 11) is 0. The molecular formula is C15H23N3S. The summed E-state index contributed by atoms with van der Waals surface area (Å²) in [4.78, 5) is 7.42. The molecule has 0 spiro atoms. The van der Waals surface area contributed by atoms with Crippen molar-refractivity contribution in [3.05, 3.63) is 23.0 Å². The first-order chi connectivity index (χ1) is 9.04. The Kier molecular flexibility index (Phi) is 4.40. The Bertz CT molecular complexity index is 479. The van der Waals surface area contributed by atoms with E-state index in [9.17, 15) is 0 Å². The molecule has 0 aliphatic heterocycles. The second-order valence-electron chi connectivity index (χ2n) is 5.33. The Morgan fingerprint density at radius 3 is 2.58 bits per heavy atom. The van der Waals surface area contributed by atoms with E-state index in [-0.39, 0.29) is 0 Å². The monoisotopic (exact) mass is 277 g/mol. The lowest BCUT2D eigenvalue weighted by Gasteiger charge is -2.32. The van der Waals surface area contributed by atoms with E-state index in [2.05, 4.69) is 22.9 Å². The SMILES string of the molecule is CCN(c1cc(C)nc(C)c1C(N)=S)C1CCCC1. The van der Waals surface area contributed by atoms with Crippen LogP contribution in [0.4, 0.5) is 5.69 Å². The molecule has 0 radical (unpaired) electrons. The number of hydrogen-bond acceptors (Lipinski definition) is 3. The Labute approximate surface area is 121 Å². The zero-order chi connectivity index (χ0) is 14.0. The second kappa shape index (κ2) is 5.87. The molecule has 3 nitrogen and oxygen atoms in total. The molecule has 1 aliphatic rings. The van der Waals surface area contributed by atoms with Crippen LogP contribution in [0.5, 0.6) is 0 Å². The van der Waals surface area contributed by atoms with Gasteiger partial charge in [0.15, 0.2) is 0 Å². The van der Waals surface area contributed by atoms with Crippen molar-refractivity contribution < 1.29 is 0 Å². The van der Waals surface area contributed by atoms with E-state index >= 15 is 0 Å². The van der Waals surface area contributed by atoms with Gasteiger partial charge < -0.3 is 10.6 Å². The Hall–Kier alpha value is -1.16. The lowest BCUT2D eigenvalue weighted by Crippen LogP contribution is -2.35. The van der Waals surface area contributed by atoms with Gasteiger partial charge in [-0.05, 0) is 39.7 Å². The van der Waals surface area contributed by atoms with Crippen molar-refractivity contribution in [2.45, 2.75) is 52.5 Å². The van der Waals surface area contributed by atoms with Crippen molar-refractivity contribution in [2.75, 3.05) is 11.4 Å². The van der Waals surface area contributed by atoms with Crippen LogP contribution in [-0.4, -0.2) is 22.6 Å². The number of nitrogens with two attached hydrogens (primary N) is 1. The molecule has 1 aliphatic carbocycles. The molecule has 0 aromatic carbocycles. The summed E-state index contributed by atoms with van der Waals surface area (Å²) in [5, 5.41) is 0. The minimum absolute atomic E-state index is 0.455. The van der Waals surface area contributed by atoms with E-state index in [1.54, 1.807) is 0 Å². The van der Waals surface area contributed by atoms with E-state index in [4.69, 9.17) is 18.0 Å². The molecule has 19 heavy (non-hydrogen) atoms. The van der Waals surface area contributed by atoms with Crippen molar-refractivity contribution in [3.8, 4) is 0 Å². The fourth-order valence-electron chi connectivity index (χ4n) is 3.18. The Morgan fingerprint density at radius 1 is 1.42 bits per heavy atom. The highest BCUT2D eigenvalue weighted by atomic mass is 32.1. The van der Waals surface area contributed by atoms with Gasteiger partial charge in [-0.25, -0.2) is 0 Å². The summed E-state index contributed by atoms with van der Waals surface area (Å²) in [5.41, 5.74) is 10.0. The molecule has 2 rings (SSSR count). The third-order valence-corrected chi connectivity index (χ3v) is 4.17. The third kappa shape index (κ3) is 2.89. The zero-order valence-corrected chi connectivity index (χ0v) is 12.9. The van der Waals surface area contributed by atoms with E-state index in [1.807, 2.05) is 13.8 Å². The topological polar surface area (TPSA) is 42.2 Å². The maximum absolute atomic E-state index is 5.92. The van der Waals surface area contributed by atoms with Gasteiger partial charge >= 0.3 is 0 Å². The summed E-state index contributed by atoms with van der Waals surface area (Å²) in [6.45, 7) is 7.21. The summed E-state index contributed by atoms with van der Waals surface area (Å²) in [6, 6.07) is 2.75. The Balaban J connectivity index is 2.48. The minimum Gasteiger partial charge on any atom is -0.389 e. The minimum atomic E-state index is 0.455. The highest BCUT2D eigenvalue weighted by molar-refractivity contribution is 7.80. The highest BCUT2D eigenvalue weighted by Gasteiger charge is 2.25. The van der Waals surface area contributed by atoms with Crippen LogP contribution in [0.15, 0.2) is 6.07 Å². The van der Waals surface area contributed by atoms with Gasteiger partial charge in [0.05, 0.1) is 11.3 Å². The molecule has 0 bridgehead atoms. The van der Waals surface area contributed by atoms with Gasteiger partial charge in [-0.1, -0.05) is 25.1 Å². The Morgan fingerprint density at radius 2 is 2.05 bits per heavy atom. The third-order valence-electron chi connectivity index (χ3n) is 3.97. The van der Waals surface area contributed by atoms with Crippen molar-refractivity contribution in [1.29, 1.82) is 0 Å². The van der Waals surface area contributed by atoms with Crippen LogP contribution in [0.3, 0.4) is 0 Å². The lowest BCUT2D eigenvalue weighted by molar-refractivity contribution is 0.618. The molecule has 1 aromatic heterocycles. The van der Waals surface area contributed by atoms with E-state index < -0.39 is 0 Å². The van der Waals surface area contributed by atoms with Crippen molar-refractivity contribution in [3.63, 3.8) is 0 Å². The van der Waals surface area contributed by atoms with Gasteiger partial charge in [0.25, 0.3) is 0 Å². The normalized spacial score (nSPS) is 15.7. The molecule has 1 heterocycles. The maximum atomic E-state index is 5.92. The number of aromatic nitrogens is 1. The molecule has 0 atom stereocenters. The highest BCUT2D eigenvalue weighted by Crippen LogP contribution is 2.31. The molecule has 104 valence electrons. The number of aryl methyl sites for hydroxylation is 2. The first-order valence-corrected chi connectivity index (χ1v) is 7.50. The standard InChI is InChI=1S/C15H23N3S/c1-4-18(12-7-5-6-8-12)13-9-10(2)17-11(3)14(13)15(16)19/h9,12H,4-8H2,1-3H3,(H2,16,19). The summed E-state index contributed by atoms with van der Waals surface area (Å²) >= 11 is 5.23. The van der Waals surface area contributed by atoms with E-state index in [0.717, 1.165) is 23.5 Å². The number of hydrogen-bond donors (Lipinski definition) is 1. The maximum Gasteiger partial charge on any atom is 0.107 e. The van der Waals surface area contributed by atoms with Crippen LogP contribution in [0.1, 0.15) is 49.6 Å². The number of pyridine rings is 1. The van der Waals surface area contributed by atoms with E-state index in [1.165, 1.54) is 31.4 Å². The smallest absolute Gasteiger partial charge is 0.107 e.